The van der Waals surface area contributed by atoms with E-state index >= 15 is 0 Å². The lowest BCUT2D eigenvalue weighted by atomic mass is 10.1. The first-order valence-corrected chi connectivity index (χ1v) is 12.6. The van der Waals surface area contributed by atoms with Crippen molar-refractivity contribution in [1.29, 1.82) is 0 Å². The highest BCUT2D eigenvalue weighted by atomic mass is 16.6. The molecule has 0 radical (unpaired) electrons. The third-order valence-corrected chi connectivity index (χ3v) is 5.97. The highest BCUT2D eigenvalue weighted by molar-refractivity contribution is 5.82. The Kier molecular flexibility index (Phi) is 8.35. The van der Waals surface area contributed by atoms with E-state index in [1.807, 2.05) is 48.8 Å². The summed E-state index contributed by atoms with van der Waals surface area (Å²) >= 11 is 0. The van der Waals surface area contributed by atoms with Crippen LogP contribution in [0.5, 0.6) is 0 Å². The zero-order valence-corrected chi connectivity index (χ0v) is 22.3. The highest BCUT2D eigenvalue weighted by Crippen LogP contribution is 2.22. The third-order valence-electron chi connectivity index (χ3n) is 5.97. The van der Waals surface area contributed by atoms with Crippen LogP contribution < -0.4 is 15.1 Å². The zero-order chi connectivity index (χ0) is 27.1. The van der Waals surface area contributed by atoms with E-state index in [9.17, 15) is 9.59 Å². The molecule has 1 aliphatic rings. The molecule has 2 amide bonds. The van der Waals surface area contributed by atoms with Gasteiger partial charge >= 0.3 is 6.09 Å². The van der Waals surface area contributed by atoms with Crippen LogP contribution in [0.4, 0.5) is 16.6 Å². The number of aromatic nitrogens is 4. The molecule has 0 saturated carbocycles. The van der Waals surface area contributed by atoms with Gasteiger partial charge in [0.1, 0.15) is 12.1 Å². The average Bonchev–Trinajstić information content (AvgIpc) is 2.91. The van der Waals surface area contributed by atoms with Crippen LogP contribution in [0.3, 0.4) is 0 Å². The van der Waals surface area contributed by atoms with E-state index < -0.39 is 11.7 Å². The molecule has 11 nitrogen and oxygen atoms in total. The highest BCUT2D eigenvalue weighted by Gasteiger charge is 2.20. The normalized spacial score (nSPS) is 13.7. The second kappa shape index (κ2) is 11.8. The van der Waals surface area contributed by atoms with Crippen LogP contribution in [-0.2, 0) is 16.1 Å². The summed E-state index contributed by atoms with van der Waals surface area (Å²) in [6, 6.07) is 11.8. The van der Waals surface area contributed by atoms with Crippen molar-refractivity contribution in [1.82, 2.24) is 30.4 Å². The van der Waals surface area contributed by atoms with E-state index in [2.05, 4.69) is 35.3 Å². The molecular weight excluding hydrogens is 484 g/mol. The number of likely N-dealkylation sites (N-methyl/N-ethyl adjacent to an activating group) is 1. The first-order chi connectivity index (χ1) is 18.2. The predicted octanol–water partition coefficient (Wildman–Crippen LogP) is 2.74. The SMILES string of the molecule is CN(Cc1cccc(-c2cnc(N3CCN(c4cccnn4)CC3)nc2)c1)C(=O)CNC(=O)OC(C)(C)C. The van der Waals surface area contributed by atoms with Gasteiger partial charge < -0.3 is 24.8 Å². The monoisotopic (exact) mass is 518 g/mol. The molecule has 1 aliphatic heterocycles. The van der Waals surface area contributed by atoms with Crippen molar-refractivity contribution in [3.8, 4) is 11.1 Å². The maximum absolute atomic E-state index is 12.5. The quantitative estimate of drug-likeness (QED) is 0.504. The van der Waals surface area contributed by atoms with Crippen molar-refractivity contribution in [2.45, 2.75) is 32.9 Å². The number of carbonyl (C=O) groups excluding carboxylic acids is 2. The summed E-state index contributed by atoms with van der Waals surface area (Å²) in [5.41, 5.74) is 2.21. The van der Waals surface area contributed by atoms with Crippen molar-refractivity contribution in [3.63, 3.8) is 0 Å². The topological polar surface area (TPSA) is 117 Å². The molecule has 0 bridgehead atoms. The molecule has 1 N–H and O–H groups in total. The Morgan fingerprint density at radius 2 is 1.71 bits per heavy atom. The lowest BCUT2D eigenvalue weighted by Crippen LogP contribution is -2.47. The fraction of sp³-hybridized carbons (Fsp3) is 0.407. The van der Waals surface area contributed by atoms with Crippen molar-refractivity contribution in [3.05, 3.63) is 60.6 Å². The van der Waals surface area contributed by atoms with Gasteiger partial charge in [0.2, 0.25) is 11.9 Å². The first-order valence-electron chi connectivity index (χ1n) is 12.6. The molecule has 38 heavy (non-hydrogen) atoms. The van der Waals surface area contributed by atoms with Gasteiger partial charge in [-0.1, -0.05) is 18.2 Å². The maximum atomic E-state index is 12.5. The van der Waals surface area contributed by atoms with E-state index in [1.165, 1.54) is 0 Å². The van der Waals surface area contributed by atoms with E-state index in [0.29, 0.717) is 12.5 Å². The number of hydrogen-bond donors (Lipinski definition) is 1. The van der Waals surface area contributed by atoms with Gasteiger partial charge in [-0.15, -0.1) is 5.10 Å². The van der Waals surface area contributed by atoms with Crippen LogP contribution in [0, 0.1) is 0 Å². The summed E-state index contributed by atoms with van der Waals surface area (Å²) in [5.74, 6) is 1.37. The molecule has 1 saturated heterocycles. The van der Waals surface area contributed by atoms with E-state index in [-0.39, 0.29) is 12.5 Å². The Labute approximate surface area is 222 Å². The number of amides is 2. The molecule has 3 aromatic rings. The summed E-state index contributed by atoms with van der Waals surface area (Å²) < 4.78 is 5.18. The summed E-state index contributed by atoms with van der Waals surface area (Å²) in [4.78, 5) is 39.5. The molecule has 1 aromatic carbocycles. The number of benzene rings is 1. The Hall–Kier alpha value is -4.28. The van der Waals surface area contributed by atoms with Crippen molar-refractivity contribution >= 4 is 23.8 Å². The molecule has 1 fully saturated rings. The number of alkyl carbamates (subject to hydrolysis) is 1. The lowest BCUT2D eigenvalue weighted by molar-refractivity contribution is -0.129. The molecule has 0 aliphatic carbocycles. The minimum atomic E-state index is -0.617. The van der Waals surface area contributed by atoms with Crippen LogP contribution in [0.25, 0.3) is 11.1 Å². The third kappa shape index (κ3) is 7.37. The minimum Gasteiger partial charge on any atom is -0.444 e. The molecule has 0 unspecified atom stereocenters. The molecule has 4 rings (SSSR count). The predicted molar refractivity (Wildman–Crippen MR) is 145 cm³/mol. The molecule has 0 atom stereocenters. The Balaban J connectivity index is 1.31. The fourth-order valence-corrected chi connectivity index (χ4v) is 4.04. The van der Waals surface area contributed by atoms with Crippen LogP contribution in [0.1, 0.15) is 26.3 Å². The number of carbonyl (C=O) groups is 2. The number of nitrogens with one attached hydrogen (secondary N) is 1. The number of ether oxygens (including phenoxy) is 1. The van der Waals surface area contributed by atoms with Gasteiger partial charge in [0.15, 0.2) is 5.82 Å². The number of anilines is 2. The zero-order valence-electron chi connectivity index (χ0n) is 22.3. The van der Waals surface area contributed by atoms with E-state index in [1.54, 1.807) is 38.9 Å². The van der Waals surface area contributed by atoms with Crippen molar-refractivity contribution in [2.24, 2.45) is 0 Å². The van der Waals surface area contributed by atoms with Gasteiger partial charge in [0.05, 0.1) is 0 Å². The summed E-state index contributed by atoms with van der Waals surface area (Å²) in [7, 11) is 1.70. The van der Waals surface area contributed by atoms with Crippen LogP contribution in [-0.4, -0.2) is 82.4 Å². The molecular formula is C27H34N8O3. The van der Waals surface area contributed by atoms with Gasteiger partial charge in [-0.25, -0.2) is 14.8 Å². The molecule has 2 aromatic heterocycles. The Morgan fingerprint density at radius 1 is 1.00 bits per heavy atom. The maximum Gasteiger partial charge on any atom is 0.408 e. The molecule has 0 spiro atoms. The van der Waals surface area contributed by atoms with Crippen LogP contribution in [0.2, 0.25) is 0 Å². The van der Waals surface area contributed by atoms with Gasteiger partial charge in [-0.05, 0) is 50.1 Å². The fourth-order valence-electron chi connectivity index (χ4n) is 4.04. The second-order valence-corrected chi connectivity index (χ2v) is 10.1. The lowest BCUT2D eigenvalue weighted by Gasteiger charge is -2.35. The Bertz CT molecular complexity index is 1220. The van der Waals surface area contributed by atoms with Crippen molar-refractivity contribution in [2.75, 3.05) is 49.6 Å². The first kappa shape index (κ1) is 26.8. The summed E-state index contributed by atoms with van der Waals surface area (Å²) in [5, 5.41) is 10.7. The standard InChI is InChI=1S/C27H34N8O3/c1-27(2,3)38-26(37)30-18-24(36)33(4)19-20-7-5-8-21(15-20)22-16-28-25(29-17-22)35-13-11-34(12-14-35)23-9-6-10-31-32-23/h5-10,15-17H,11-14,18-19H2,1-4H3,(H,30,37). The molecule has 11 heteroatoms. The van der Waals surface area contributed by atoms with Gasteiger partial charge in [0, 0.05) is 63.9 Å². The average molecular weight is 519 g/mol. The number of piperazine rings is 1. The van der Waals surface area contributed by atoms with E-state index in [4.69, 9.17) is 4.74 Å². The van der Waals surface area contributed by atoms with Crippen LogP contribution >= 0.6 is 0 Å². The number of rotatable bonds is 7. The second-order valence-electron chi connectivity index (χ2n) is 10.1. The summed E-state index contributed by atoms with van der Waals surface area (Å²) in [6.07, 6.45) is 4.72. The molecule has 200 valence electrons. The number of nitrogens with zero attached hydrogens (tertiary/aromatic N) is 7. The Morgan fingerprint density at radius 3 is 2.37 bits per heavy atom. The number of hydrogen-bond acceptors (Lipinski definition) is 9. The molecule has 3 heterocycles. The minimum absolute atomic E-state index is 0.132. The van der Waals surface area contributed by atoms with Crippen molar-refractivity contribution < 1.29 is 14.3 Å². The van der Waals surface area contributed by atoms with Gasteiger partial charge in [0.25, 0.3) is 0 Å². The van der Waals surface area contributed by atoms with Crippen LogP contribution in [0.15, 0.2) is 55.0 Å². The van der Waals surface area contributed by atoms with Gasteiger partial charge in [-0.3, -0.25) is 4.79 Å². The van der Waals surface area contributed by atoms with E-state index in [0.717, 1.165) is 48.7 Å². The van der Waals surface area contributed by atoms with Gasteiger partial charge in [-0.2, -0.15) is 5.10 Å². The summed E-state index contributed by atoms with van der Waals surface area (Å²) in [6.45, 7) is 8.84. The largest absolute Gasteiger partial charge is 0.444 e. The smallest absolute Gasteiger partial charge is 0.408 e.